The summed E-state index contributed by atoms with van der Waals surface area (Å²) in [5.74, 6) is -0.878. The highest BCUT2D eigenvalue weighted by atomic mass is 16.6. The van der Waals surface area contributed by atoms with Crippen LogP contribution in [0.2, 0.25) is 0 Å². The largest absolute Gasteiger partial charge is 0.382 e. The van der Waals surface area contributed by atoms with Crippen molar-refractivity contribution in [3.63, 3.8) is 0 Å². The molecule has 0 aliphatic heterocycles. The van der Waals surface area contributed by atoms with Gasteiger partial charge in [0.15, 0.2) is 0 Å². The van der Waals surface area contributed by atoms with Gasteiger partial charge >= 0.3 is 0 Å². The van der Waals surface area contributed by atoms with Crippen molar-refractivity contribution in [2.45, 2.75) is 19.9 Å². The molecule has 0 aromatic heterocycles. The van der Waals surface area contributed by atoms with Gasteiger partial charge in [0.2, 0.25) is 5.91 Å². The van der Waals surface area contributed by atoms with Crippen molar-refractivity contribution in [1.82, 2.24) is 10.6 Å². The molecule has 0 bridgehead atoms. The number of para-hydroxylation sites is 1. The second kappa shape index (κ2) is 7.22. The lowest BCUT2D eigenvalue weighted by Crippen LogP contribution is -2.39. The van der Waals surface area contributed by atoms with Crippen LogP contribution in [0.4, 0.5) is 11.4 Å². The van der Waals surface area contributed by atoms with Gasteiger partial charge in [-0.25, -0.2) is 0 Å². The Kier molecular flexibility index (Phi) is 5.65. The van der Waals surface area contributed by atoms with Crippen molar-refractivity contribution in [2.75, 3.05) is 18.9 Å². The number of nitrogens with zero attached hydrogens (tertiary/aromatic N) is 1. The highest BCUT2D eigenvalue weighted by molar-refractivity contribution is 6.02. The number of amides is 2. The number of nitrogens with one attached hydrogen (secondary N) is 3. The Morgan fingerprint density at radius 1 is 1.33 bits per heavy atom. The molecule has 8 nitrogen and oxygen atoms in total. The summed E-state index contributed by atoms with van der Waals surface area (Å²) in [5.41, 5.74) is 0.0325. The van der Waals surface area contributed by atoms with Crippen LogP contribution in [0.5, 0.6) is 0 Å². The molecular formula is C13H18N4O4. The van der Waals surface area contributed by atoms with E-state index in [1.807, 2.05) is 0 Å². The van der Waals surface area contributed by atoms with E-state index in [2.05, 4.69) is 16.0 Å². The lowest BCUT2D eigenvalue weighted by atomic mass is 10.1. The van der Waals surface area contributed by atoms with Crippen LogP contribution in [0.15, 0.2) is 18.2 Å². The van der Waals surface area contributed by atoms with Crippen LogP contribution in [0.3, 0.4) is 0 Å². The maximum Gasteiger partial charge on any atom is 0.293 e. The molecule has 0 saturated carbocycles. The van der Waals surface area contributed by atoms with Gasteiger partial charge in [0.1, 0.15) is 5.69 Å². The van der Waals surface area contributed by atoms with E-state index in [9.17, 15) is 19.7 Å². The number of rotatable bonds is 6. The first-order valence-electron chi connectivity index (χ1n) is 6.39. The van der Waals surface area contributed by atoms with E-state index in [0.717, 1.165) is 0 Å². The fourth-order valence-electron chi connectivity index (χ4n) is 1.77. The Morgan fingerprint density at radius 3 is 2.52 bits per heavy atom. The Hall–Kier alpha value is -2.64. The van der Waals surface area contributed by atoms with Gasteiger partial charge in [-0.1, -0.05) is 6.07 Å². The number of carbonyl (C=O) groups excluding carboxylic acids is 2. The zero-order chi connectivity index (χ0) is 16.0. The Morgan fingerprint density at radius 2 is 2.00 bits per heavy atom. The molecule has 0 radical (unpaired) electrons. The molecule has 0 fully saturated rings. The smallest absolute Gasteiger partial charge is 0.293 e. The number of nitro groups is 1. The fraction of sp³-hybridized carbons (Fsp3) is 0.385. The number of hydrogen-bond donors (Lipinski definition) is 3. The average Bonchev–Trinajstić information content (AvgIpc) is 2.42. The molecular weight excluding hydrogens is 276 g/mol. The number of nitro benzene ring substituents is 1. The van der Waals surface area contributed by atoms with Gasteiger partial charge in [0.25, 0.3) is 11.6 Å². The molecule has 21 heavy (non-hydrogen) atoms. The van der Waals surface area contributed by atoms with Gasteiger partial charge in [-0.05, 0) is 19.9 Å². The molecule has 1 rings (SSSR count). The summed E-state index contributed by atoms with van der Waals surface area (Å²) in [4.78, 5) is 33.8. The molecule has 0 aliphatic carbocycles. The summed E-state index contributed by atoms with van der Waals surface area (Å²) in [7, 11) is 1.49. The van der Waals surface area contributed by atoms with Crippen molar-refractivity contribution >= 4 is 23.2 Å². The normalized spacial score (nSPS) is 10.1. The summed E-state index contributed by atoms with van der Waals surface area (Å²) in [5, 5.41) is 18.6. The monoisotopic (exact) mass is 294 g/mol. The van der Waals surface area contributed by atoms with Gasteiger partial charge in [-0.2, -0.15) is 0 Å². The molecule has 1 aromatic rings. The second-order valence-corrected chi connectivity index (χ2v) is 4.61. The summed E-state index contributed by atoms with van der Waals surface area (Å²) < 4.78 is 0. The van der Waals surface area contributed by atoms with Crippen molar-refractivity contribution < 1.29 is 14.5 Å². The summed E-state index contributed by atoms with van der Waals surface area (Å²) >= 11 is 0. The van der Waals surface area contributed by atoms with E-state index >= 15 is 0 Å². The van der Waals surface area contributed by atoms with Crippen LogP contribution < -0.4 is 16.0 Å². The number of benzene rings is 1. The van der Waals surface area contributed by atoms with Gasteiger partial charge < -0.3 is 16.0 Å². The van der Waals surface area contributed by atoms with Crippen LogP contribution in [0, 0.1) is 10.1 Å². The molecule has 3 N–H and O–H groups in total. The molecule has 0 unspecified atom stereocenters. The summed E-state index contributed by atoms with van der Waals surface area (Å²) in [6.45, 7) is 3.42. The number of hydrogen-bond acceptors (Lipinski definition) is 5. The van der Waals surface area contributed by atoms with E-state index in [4.69, 9.17) is 0 Å². The molecule has 0 heterocycles. The van der Waals surface area contributed by atoms with Crippen LogP contribution in [0.1, 0.15) is 24.2 Å². The lowest BCUT2D eigenvalue weighted by Gasteiger charge is -2.11. The van der Waals surface area contributed by atoms with E-state index in [1.54, 1.807) is 13.8 Å². The molecule has 0 atom stereocenters. The SMILES string of the molecule is CNc1c(C(=O)NCC(=O)NC(C)C)cccc1[N+](=O)[O-]. The highest BCUT2D eigenvalue weighted by Crippen LogP contribution is 2.27. The van der Waals surface area contributed by atoms with Gasteiger partial charge in [-0.3, -0.25) is 19.7 Å². The van der Waals surface area contributed by atoms with E-state index in [-0.39, 0.29) is 35.4 Å². The Balaban J connectivity index is 2.86. The van der Waals surface area contributed by atoms with Crippen LogP contribution in [0.25, 0.3) is 0 Å². The van der Waals surface area contributed by atoms with Crippen molar-refractivity contribution in [3.05, 3.63) is 33.9 Å². The molecule has 0 aliphatic rings. The minimum Gasteiger partial charge on any atom is -0.382 e. The molecule has 8 heteroatoms. The first kappa shape index (κ1) is 16.4. The average molecular weight is 294 g/mol. The van der Waals surface area contributed by atoms with Gasteiger partial charge in [0.05, 0.1) is 17.0 Å². The van der Waals surface area contributed by atoms with E-state index in [0.29, 0.717) is 0 Å². The number of carbonyl (C=O) groups is 2. The maximum atomic E-state index is 12.0. The molecule has 0 saturated heterocycles. The first-order chi connectivity index (χ1) is 9.86. The third kappa shape index (κ3) is 4.44. The molecule has 2 amide bonds. The topological polar surface area (TPSA) is 113 Å². The highest BCUT2D eigenvalue weighted by Gasteiger charge is 2.20. The van der Waals surface area contributed by atoms with Crippen LogP contribution in [-0.2, 0) is 4.79 Å². The molecule has 114 valence electrons. The maximum absolute atomic E-state index is 12.0. The van der Waals surface area contributed by atoms with Crippen LogP contribution >= 0.6 is 0 Å². The zero-order valence-electron chi connectivity index (χ0n) is 12.1. The predicted molar refractivity (Wildman–Crippen MR) is 78.3 cm³/mol. The Labute approximate surface area is 122 Å². The zero-order valence-corrected chi connectivity index (χ0v) is 12.1. The quantitative estimate of drug-likeness (QED) is 0.532. The fourth-order valence-corrected chi connectivity index (χ4v) is 1.77. The van der Waals surface area contributed by atoms with Gasteiger partial charge in [-0.15, -0.1) is 0 Å². The van der Waals surface area contributed by atoms with Crippen molar-refractivity contribution in [1.29, 1.82) is 0 Å². The second-order valence-electron chi connectivity index (χ2n) is 4.61. The standard InChI is InChI=1S/C13H18N4O4/c1-8(2)16-11(18)7-15-13(19)9-5-4-6-10(17(20)21)12(9)14-3/h4-6,8,14H,7H2,1-3H3,(H,15,19)(H,16,18). The van der Waals surface area contributed by atoms with E-state index in [1.165, 1.54) is 25.2 Å². The minimum atomic E-state index is -0.575. The number of anilines is 1. The van der Waals surface area contributed by atoms with E-state index < -0.39 is 10.8 Å². The Bertz CT molecular complexity index is 557. The molecule has 0 spiro atoms. The van der Waals surface area contributed by atoms with Crippen molar-refractivity contribution in [3.8, 4) is 0 Å². The predicted octanol–water partition coefficient (Wildman–Crippen LogP) is 0.891. The van der Waals surface area contributed by atoms with Crippen molar-refractivity contribution in [2.24, 2.45) is 0 Å². The first-order valence-corrected chi connectivity index (χ1v) is 6.39. The summed E-state index contributed by atoms with van der Waals surface area (Å²) in [6.07, 6.45) is 0. The minimum absolute atomic E-state index is 0.0277. The van der Waals surface area contributed by atoms with Gasteiger partial charge in [0, 0.05) is 19.2 Å². The van der Waals surface area contributed by atoms with Crippen LogP contribution in [-0.4, -0.2) is 36.4 Å². The lowest BCUT2D eigenvalue weighted by molar-refractivity contribution is -0.384. The summed E-state index contributed by atoms with van der Waals surface area (Å²) in [6, 6.07) is 4.14. The third-order valence-electron chi connectivity index (χ3n) is 2.59. The third-order valence-corrected chi connectivity index (χ3v) is 2.59. The molecule has 1 aromatic carbocycles.